The highest BCUT2D eigenvalue weighted by Crippen LogP contribution is 2.32. The second-order valence-corrected chi connectivity index (χ2v) is 5.25. The number of nitrogens with zero attached hydrogens (tertiary/aromatic N) is 1. The lowest BCUT2D eigenvalue weighted by Gasteiger charge is -2.27. The van der Waals surface area contributed by atoms with Crippen molar-refractivity contribution in [2.24, 2.45) is 11.8 Å². The third-order valence-corrected chi connectivity index (χ3v) is 3.84. The van der Waals surface area contributed by atoms with Crippen LogP contribution in [-0.2, 0) is 9.59 Å². The minimum atomic E-state index is -1.06. The second kappa shape index (κ2) is 6.50. The molecule has 0 heterocycles. The fraction of sp³-hybridized carbons (Fsp3) is 0.429. The van der Waals surface area contributed by atoms with Gasteiger partial charge in [-0.3, -0.25) is 19.7 Å². The van der Waals surface area contributed by atoms with Gasteiger partial charge in [0.15, 0.2) is 0 Å². The maximum Gasteiger partial charge on any atom is 0.307 e. The predicted molar refractivity (Wildman–Crippen MR) is 74.8 cm³/mol. The number of rotatable bonds is 4. The number of non-ortho nitro benzene ring substituents is 1. The second-order valence-electron chi connectivity index (χ2n) is 5.25. The predicted octanol–water partition coefficient (Wildman–Crippen LogP) is 2.56. The van der Waals surface area contributed by atoms with Crippen LogP contribution in [0.15, 0.2) is 18.2 Å². The van der Waals surface area contributed by atoms with Crippen LogP contribution >= 0.6 is 0 Å². The molecule has 0 bridgehead atoms. The number of aliphatic carboxylic acids is 1. The van der Waals surface area contributed by atoms with Crippen LogP contribution in [0, 0.1) is 27.8 Å². The van der Waals surface area contributed by atoms with E-state index in [1.165, 1.54) is 0 Å². The summed E-state index contributed by atoms with van der Waals surface area (Å²) in [7, 11) is 0. The summed E-state index contributed by atoms with van der Waals surface area (Å²) in [6.07, 6.45) is 2.25. The van der Waals surface area contributed by atoms with Gasteiger partial charge in [-0.15, -0.1) is 0 Å². The Balaban J connectivity index is 2.19. The van der Waals surface area contributed by atoms with Gasteiger partial charge in [-0.1, -0.05) is 12.8 Å². The number of amides is 1. The van der Waals surface area contributed by atoms with E-state index in [9.17, 15) is 24.1 Å². The molecule has 1 aromatic carbocycles. The number of nitro groups is 1. The number of carbonyl (C=O) groups excluding carboxylic acids is 1. The number of halogens is 1. The Labute approximate surface area is 125 Å². The summed E-state index contributed by atoms with van der Waals surface area (Å²) in [5.74, 6) is -4.05. The van der Waals surface area contributed by atoms with Gasteiger partial charge in [-0.25, -0.2) is 4.39 Å². The summed E-state index contributed by atoms with van der Waals surface area (Å²) >= 11 is 0. The van der Waals surface area contributed by atoms with Crippen molar-refractivity contribution in [3.8, 4) is 0 Å². The standard InChI is InChI=1S/C14H15FN2O5/c15-11-6-5-8(17(21)22)7-12(11)16-13(18)9-3-1-2-4-10(9)14(19)20/h5-7,9-10H,1-4H2,(H,16,18)(H,19,20)/t9-,10-/m1/s1. The molecule has 2 rings (SSSR count). The van der Waals surface area contributed by atoms with Gasteiger partial charge in [0.2, 0.25) is 5.91 Å². The van der Waals surface area contributed by atoms with E-state index in [0.717, 1.165) is 31.0 Å². The monoisotopic (exact) mass is 310 g/mol. The molecule has 1 amide bonds. The van der Waals surface area contributed by atoms with Crippen LogP contribution in [0.4, 0.5) is 15.8 Å². The fourth-order valence-corrected chi connectivity index (χ4v) is 2.69. The Kier molecular flexibility index (Phi) is 4.69. The average Bonchev–Trinajstić information content (AvgIpc) is 2.49. The molecule has 2 atom stereocenters. The van der Waals surface area contributed by atoms with E-state index in [-0.39, 0.29) is 11.4 Å². The summed E-state index contributed by atoms with van der Waals surface area (Å²) in [5.41, 5.74) is -0.663. The maximum absolute atomic E-state index is 13.7. The van der Waals surface area contributed by atoms with Gasteiger partial charge < -0.3 is 10.4 Å². The molecule has 1 aliphatic carbocycles. The number of hydrogen-bond acceptors (Lipinski definition) is 4. The third kappa shape index (κ3) is 3.38. The topological polar surface area (TPSA) is 110 Å². The first-order chi connectivity index (χ1) is 10.4. The van der Waals surface area contributed by atoms with Crippen molar-refractivity contribution in [1.82, 2.24) is 0 Å². The van der Waals surface area contributed by atoms with E-state index in [4.69, 9.17) is 5.11 Å². The maximum atomic E-state index is 13.7. The van der Waals surface area contributed by atoms with Gasteiger partial charge in [0.1, 0.15) is 5.82 Å². The SMILES string of the molecule is O=C(O)[C@@H]1CCCC[C@H]1C(=O)Nc1cc([N+](=O)[O-])ccc1F. The molecule has 118 valence electrons. The minimum absolute atomic E-state index is 0.311. The highest BCUT2D eigenvalue weighted by Gasteiger charge is 2.36. The number of carboxylic acid groups (broad SMARTS) is 1. The molecule has 1 aromatic rings. The fourth-order valence-electron chi connectivity index (χ4n) is 2.69. The van der Waals surface area contributed by atoms with Gasteiger partial charge in [-0.2, -0.15) is 0 Å². The molecule has 1 fully saturated rings. The van der Waals surface area contributed by atoms with E-state index in [2.05, 4.69) is 5.32 Å². The summed E-state index contributed by atoms with van der Waals surface area (Å²) in [6, 6.07) is 2.81. The van der Waals surface area contributed by atoms with Crippen LogP contribution in [0.5, 0.6) is 0 Å². The first-order valence-corrected chi connectivity index (χ1v) is 6.87. The minimum Gasteiger partial charge on any atom is -0.481 e. The highest BCUT2D eigenvalue weighted by molar-refractivity contribution is 5.95. The average molecular weight is 310 g/mol. The molecule has 7 nitrogen and oxygen atoms in total. The van der Waals surface area contributed by atoms with Gasteiger partial charge in [0.05, 0.1) is 22.4 Å². The summed E-state index contributed by atoms with van der Waals surface area (Å²) in [6.45, 7) is 0. The smallest absolute Gasteiger partial charge is 0.307 e. The van der Waals surface area contributed by atoms with Gasteiger partial charge in [0, 0.05) is 12.1 Å². The number of hydrogen-bond donors (Lipinski definition) is 2. The molecule has 0 saturated heterocycles. The Morgan fingerprint density at radius 2 is 1.91 bits per heavy atom. The molecular formula is C14H15FN2O5. The number of nitro benzene ring substituents is 1. The van der Waals surface area contributed by atoms with Crippen molar-refractivity contribution < 1.29 is 24.0 Å². The first-order valence-electron chi connectivity index (χ1n) is 6.87. The van der Waals surface area contributed by atoms with E-state index >= 15 is 0 Å². The van der Waals surface area contributed by atoms with Crippen molar-refractivity contribution in [1.29, 1.82) is 0 Å². The van der Waals surface area contributed by atoms with Crippen LogP contribution in [-0.4, -0.2) is 21.9 Å². The summed E-state index contributed by atoms with van der Waals surface area (Å²) in [4.78, 5) is 33.4. The first kappa shape index (κ1) is 15.9. The Morgan fingerprint density at radius 3 is 2.50 bits per heavy atom. The van der Waals surface area contributed by atoms with Gasteiger partial charge in [-0.05, 0) is 18.9 Å². The van der Waals surface area contributed by atoms with Crippen molar-refractivity contribution in [3.63, 3.8) is 0 Å². The van der Waals surface area contributed by atoms with E-state index in [1.54, 1.807) is 0 Å². The molecule has 1 saturated carbocycles. The van der Waals surface area contributed by atoms with Crippen molar-refractivity contribution in [2.45, 2.75) is 25.7 Å². The molecule has 22 heavy (non-hydrogen) atoms. The van der Waals surface area contributed by atoms with Crippen molar-refractivity contribution in [3.05, 3.63) is 34.1 Å². The van der Waals surface area contributed by atoms with Crippen LogP contribution in [0.1, 0.15) is 25.7 Å². The summed E-state index contributed by atoms with van der Waals surface area (Å²) in [5, 5.41) is 22.1. The lowest BCUT2D eigenvalue weighted by Crippen LogP contribution is -2.36. The molecule has 0 aromatic heterocycles. The Bertz CT molecular complexity index is 619. The number of carboxylic acids is 1. The molecule has 0 radical (unpaired) electrons. The molecule has 1 aliphatic rings. The van der Waals surface area contributed by atoms with Crippen molar-refractivity contribution >= 4 is 23.3 Å². The zero-order valence-corrected chi connectivity index (χ0v) is 11.6. The van der Waals surface area contributed by atoms with Gasteiger partial charge in [0.25, 0.3) is 5.69 Å². The lowest BCUT2D eigenvalue weighted by atomic mass is 9.78. The molecule has 0 spiro atoms. The molecule has 0 aliphatic heterocycles. The zero-order valence-electron chi connectivity index (χ0n) is 11.6. The van der Waals surface area contributed by atoms with Crippen LogP contribution < -0.4 is 5.32 Å². The molecule has 2 N–H and O–H groups in total. The van der Waals surface area contributed by atoms with Crippen molar-refractivity contribution in [2.75, 3.05) is 5.32 Å². The molecule has 0 unspecified atom stereocenters. The number of anilines is 1. The van der Waals surface area contributed by atoms with E-state index in [1.807, 2.05) is 0 Å². The molecule has 8 heteroatoms. The number of carbonyl (C=O) groups is 2. The normalized spacial score (nSPS) is 21.1. The molecular weight excluding hydrogens is 295 g/mol. The van der Waals surface area contributed by atoms with Crippen LogP contribution in [0.25, 0.3) is 0 Å². The van der Waals surface area contributed by atoms with Crippen LogP contribution in [0.2, 0.25) is 0 Å². The Hall–Kier alpha value is -2.51. The third-order valence-electron chi connectivity index (χ3n) is 3.84. The Morgan fingerprint density at radius 1 is 1.27 bits per heavy atom. The van der Waals surface area contributed by atoms with E-state index < -0.39 is 34.5 Å². The zero-order chi connectivity index (χ0) is 16.3. The number of benzene rings is 1. The lowest BCUT2D eigenvalue weighted by molar-refractivity contribution is -0.384. The summed E-state index contributed by atoms with van der Waals surface area (Å²) < 4.78 is 13.7. The number of nitrogens with one attached hydrogen (secondary N) is 1. The quantitative estimate of drug-likeness (QED) is 0.656. The highest BCUT2D eigenvalue weighted by atomic mass is 19.1. The van der Waals surface area contributed by atoms with Gasteiger partial charge >= 0.3 is 5.97 Å². The van der Waals surface area contributed by atoms with Crippen LogP contribution in [0.3, 0.4) is 0 Å². The van der Waals surface area contributed by atoms with E-state index in [0.29, 0.717) is 12.8 Å². The largest absolute Gasteiger partial charge is 0.481 e.